The number of para-hydroxylation sites is 1. The highest BCUT2D eigenvalue weighted by Crippen LogP contribution is 2.68. The van der Waals surface area contributed by atoms with Crippen molar-refractivity contribution in [3.05, 3.63) is 150 Å². The predicted octanol–water partition coefficient (Wildman–Crippen LogP) is 7.77. The van der Waals surface area contributed by atoms with Gasteiger partial charge in [0.1, 0.15) is 0 Å². The minimum Gasteiger partial charge on any atom is -0.248 e. The van der Waals surface area contributed by atoms with Crippen molar-refractivity contribution in [2.45, 2.75) is 11.6 Å². The summed E-state index contributed by atoms with van der Waals surface area (Å²) in [5, 5.41) is 2.46. The summed E-state index contributed by atoms with van der Waals surface area (Å²) in [4.78, 5) is 5.02. The summed E-state index contributed by atoms with van der Waals surface area (Å²) in [5.74, 6) is 0. The Bertz CT molecular complexity index is 1400. The van der Waals surface area contributed by atoms with E-state index in [4.69, 9.17) is 4.98 Å². The maximum Gasteiger partial charge on any atom is 0.0709 e. The molecule has 1 aromatic heterocycles. The summed E-state index contributed by atoms with van der Waals surface area (Å²) in [6, 6.07) is 46.1. The number of nitrogens with zero attached hydrogens (tertiary/aromatic N) is 1. The standard InChI is InChI=1S/C32H26NP/c1-4-13-26(14-5-1)32(27-15-6-2-7-16-27)28(22-23-34(32)30-17-8-3-9-18-30)24-29-21-20-25-12-10-11-19-31(25)33-29/h1-21,24H,22-23H2. The lowest BCUT2D eigenvalue weighted by Crippen LogP contribution is -2.28. The molecule has 1 atom stereocenters. The van der Waals surface area contributed by atoms with Crippen molar-refractivity contribution in [1.29, 1.82) is 0 Å². The van der Waals surface area contributed by atoms with Crippen LogP contribution in [0, 0.1) is 0 Å². The molecule has 2 heterocycles. The highest BCUT2D eigenvalue weighted by Gasteiger charge is 2.49. The second-order valence-corrected chi connectivity index (χ2v) is 11.3. The van der Waals surface area contributed by atoms with E-state index in [0.29, 0.717) is 0 Å². The number of hydrogen-bond acceptors (Lipinski definition) is 1. The van der Waals surface area contributed by atoms with Crippen LogP contribution in [0.3, 0.4) is 0 Å². The highest BCUT2D eigenvalue weighted by atomic mass is 31.1. The van der Waals surface area contributed by atoms with Gasteiger partial charge in [-0.2, -0.15) is 0 Å². The maximum atomic E-state index is 5.02. The number of rotatable bonds is 4. The fraction of sp³-hybridized carbons (Fsp3) is 0.0938. The van der Waals surface area contributed by atoms with E-state index in [2.05, 4.69) is 133 Å². The topological polar surface area (TPSA) is 12.9 Å². The third-order valence-corrected chi connectivity index (χ3v) is 10.1. The lowest BCUT2D eigenvalue weighted by molar-refractivity contribution is 0.859. The summed E-state index contributed by atoms with van der Waals surface area (Å²) in [7, 11) is -0.507. The van der Waals surface area contributed by atoms with Gasteiger partial charge in [0.15, 0.2) is 0 Å². The van der Waals surface area contributed by atoms with Gasteiger partial charge in [-0.15, -0.1) is 0 Å². The van der Waals surface area contributed by atoms with Gasteiger partial charge in [0.25, 0.3) is 0 Å². The molecule has 1 aliphatic heterocycles. The third kappa shape index (κ3) is 3.58. The molecule has 6 rings (SSSR count). The fourth-order valence-electron chi connectivity index (χ4n) is 5.41. The number of hydrogen-bond donors (Lipinski definition) is 0. The van der Waals surface area contributed by atoms with Crippen LogP contribution in [0.1, 0.15) is 23.2 Å². The van der Waals surface area contributed by atoms with Crippen LogP contribution in [-0.4, -0.2) is 11.1 Å². The fourth-order valence-corrected chi connectivity index (χ4v) is 8.83. The quantitative estimate of drug-likeness (QED) is 0.252. The third-order valence-electron chi connectivity index (χ3n) is 6.87. The molecule has 1 fully saturated rings. The molecule has 1 nitrogen and oxygen atoms in total. The van der Waals surface area contributed by atoms with Crippen LogP contribution in [0.15, 0.2) is 133 Å². The molecule has 5 aromatic rings. The van der Waals surface area contributed by atoms with Crippen LogP contribution >= 0.6 is 7.92 Å². The number of aromatic nitrogens is 1. The lowest BCUT2D eigenvalue weighted by Gasteiger charge is -2.39. The molecule has 1 aliphatic rings. The molecule has 0 aliphatic carbocycles. The Labute approximate surface area is 202 Å². The van der Waals surface area contributed by atoms with E-state index in [1.165, 1.54) is 33.6 Å². The zero-order chi connectivity index (χ0) is 22.8. The van der Waals surface area contributed by atoms with Crippen molar-refractivity contribution in [2.24, 2.45) is 0 Å². The minimum atomic E-state index is -0.507. The summed E-state index contributed by atoms with van der Waals surface area (Å²) in [6.45, 7) is 0. The zero-order valence-electron chi connectivity index (χ0n) is 19.0. The molecule has 0 N–H and O–H groups in total. The van der Waals surface area contributed by atoms with Crippen molar-refractivity contribution in [3.63, 3.8) is 0 Å². The Balaban J connectivity index is 1.62. The molecule has 4 aromatic carbocycles. The van der Waals surface area contributed by atoms with E-state index in [-0.39, 0.29) is 5.16 Å². The molecule has 1 unspecified atom stereocenters. The number of pyridine rings is 1. The van der Waals surface area contributed by atoms with Gasteiger partial charge in [0.2, 0.25) is 0 Å². The monoisotopic (exact) mass is 455 g/mol. The minimum absolute atomic E-state index is 0.174. The molecule has 2 heteroatoms. The average Bonchev–Trinajstić information content (AvgIpc) is 3.30. The van der Waals surface area contributed by atoms with Crippen LogP contribution in [0.5, 0.6) is 0 Å². The van der Waals surface area contributed by atoms with Crippen LogP contribution < -0.4 is 5.30 Å². The van der Waals surface area contributed by atoms with E-state index >= 15 is 0 Å². The van der Waals surface area contributed by atoms with Gasteiger partial charge in [-0.25, -0.2) is 4.98 Å². The van der Waals surface area contributed by atoms with Gasteiger partial charge in [0, 0.05) is 5.39 Å². The first-order valence-electron chi connectivity index (χ1n) is 11.9. The maximum absolute atomic E-state index is 5.02. The SMILES string of the molecule is C(=C1CCP(c2ccccc2)C1(c1ccccc1)c1ccccc1)c1ccc2ccccc2n1. The smallest absolute Gasteiger partial charge is 0.0709 e. The van der Waals surface area contributed by atoms with E-state index in [0.717, 1.165) is 17.6 Å². The molecule has 0 saturated carbocycles. The Hall–Kier alpha value is -3.54. The van der Waals surface area contributed by atoms with Gasteiger partial charge in [0.05, 0.1) is 16.4 Å². The van der Waals surface area contributed by atoms with Crippen molar-refractivity contribution in [1.82, 2.24) is 4.98 Å². The molecular formula is C32H26NP. The Morgan fingerprint density at radius 2 is 1.21 bits per heavy atom. The van der Waals surface area contributed by atoms with Crippen LogP contribution in [0.4, 0.5) is 0 Å². The van der Waals surface area contributed by atoms with E-state index < -0.39 is 7.92 Å². The molecule has 164 valence electrons. The lowest BCUT2D eigenvalue weighted by atomic mass is 9.82. The van der Waals surface area contributed by atoms with Gasteiger partial charge in [-0.1, -0.05) is 123 Å². The second kappa shape index (κ2) is 9.01. The predicted molar refractivity (Wildman–Crippen MR) is 146 cm³/mol. The van der Waals surface area contributed by atoms with Crippen LogP contribution in [0.25, 0.3) is 17.0 Å². The van der Waals surface area contributed by atoms with Gasteiger partial charge < -0.3 is 0 Å². The number of allylic oxidation sites excluding steroid dienone is 1. The molecule has 0 amide bonds. The zero-order valence-corrected chi connectivity index (χ0v) is 19.9. The molecule has 1 saturated heterocycles. The number of fused-ring (bicyclic) bond motifs is 1. The van der Waals surface area contributed by atoms with Crippen LogP contribution in [-0.2, 0) is 5.16 Å². The molecule has 0 radical (unpaired) electrons. The first kappa shape index (κ1) is 21.0. The first-order chi connectivity index (χ1) is 16.9. The molecule has 0 bridgehead atoms. The van der Waals surface area contributed by atoms with Crippen molar-refractivity contribution >= 4 is 30.2 Å². The largest absolute Gasteiger partial charge is 0.248 e. The average molecular weight is 456 g/mol. The summed E-state index contributed by atoms with van der Waals surface area (Å²) in [6.07, 6.45) is 4.61. The Morgan fingerprint density at radius 3 is 1.88 bits per heavy atom. The van der Waals surface area contributed by atoms with Crippen molar-refractivity contribution in [2.75, 3.05) is 6.16 Å². The Kier molecular flexibility index (Phi) is 5.57. The van der Waals surface area contributed by atoms with Gasteiger partial charge in [-0.05, 0) is 52.8 Å². The van der Waals surface area contributed by atoms with Gasteiger partial charge >= 0.3 is 0 Å². The van der Waals surface area contributed by atoms with Crippen LogP contribution in [0.2, 0.25) is 0 Å². The second-order valence-electron chi connectivity index (χ2n) is 8.78. The normalized spacial score (nSPS) is 18.4. The molecule has 0 spiro atoms. The Morgan fingerprint density at radius 1 is 0.618 bits per heavy atom. The summed E-state index contributed by atoms with van der Waals surface area (Å²) < 4.78 is 0. The molecule has 34 heavy (non-hydrogen) atoms. The summed E-state index contributed by atoms with van der Waals surface area (Å²) >= 11 is 0. The van der Waals surface area contributed by atoms with Gasteiger partial charge in [-0.3, -0.25) is 0 Å². The highest BCUT2D eigenvalue weighted by molar-refractivity contribution is 7.67. The summed E-state index contributed by atoms with van der Waals surface area (Å²) in [5.41, 5.74) is 6.30. The first-order valence-corrected chi connectivity index (χ1v) is 13.4. The van der Waals surface area contributed by atoms with Crippen molar-refractivity contribution < 1.29 is 0 Å². The van der Waals surface area contributed by atoms with Crippen molar-refractivity contribution in [3.8, 4) is 0 Å². The van der Waals surface area contributed by atoms with E-state index in [9.17, 15) is 0 Å². The number of benzene rings is 4. The van der Waals surface area contributed by atoms with E-state index in [1.807, 2.05) is 0 Å². The van der Waals surface area contributed by atoms with E-state index in [1.54, 1.807) is 0 Å². The molecular weight excluding hydrogens is 429 g/mol.